The van der Waals surface area contributed by atoms with Crippen LogP contribution in [-0.2, 0) is 4.74 Å². The lowest BCUT2D eigenvalue weighted by atomic mass is 10.0. The van der Waals surface area contributed by atoms with E-state index in [9.17, 15) is 0 Å². The highest BCUT2D eigenvalue weighted by atomic mass is 16.5. The number of likely N-dealkylation sites (N-methyl/N-ethyl adjacent to an activating group) is 1. The molecular weight excluding hydrogens is 202 g/mol. The van der Waals surface area contributed by atoms with Gasteiger partial charge in [0.15, 0.2) is 0 Å². The van der Waals surface area contributed by atoms with E-state index in [4.69, 9.17) is 10.5 Å². The maximum Gasteiger partial charge on any atom is 0.0774 e. The first-order chi connectivity index (χ1) is 7.59. The topological polar surface area (TPSA) is 41.7 Å². The second-order valence-corrected chi connectivity index (χ2v) is 5.00. The molecule has 4 heteroatoms. The first-order valence-corrected chi connectivity index (χ1v) is 6.34. The Morgan fingerprint density at radius 3 is 2.38 bits per heavy atom. The van der Waals surface area contributed by atoms with Crippen molar-refractivity contribution in [2.45, 2.75) is 25.9 Å². The van der Waals surface area contributed by atoms with Crippen molar-refractivity contribution in [1.82, 2.24) is 9.80 Å². The molecule has 0 radical (unpaired) electrons. The van der Waals surface area contributed by atoms with Gasteiger partial charge in [-0.05, 0) is 20.4 Å². The summed E-state index contributed by atoms with van der Waals surface area (Å²) in [7, 11) is 2.18. The molecule has 0 aromatic carbocycles. The van der Waals surface area contributed by atoms with E-state index >= 15 is 0 Å². The maximum atomic E-state index is 5.88. The Morgan fingerprint density at radius 2 is 1.88 bits per heavy atom. The molecule has 1 aliphatic rings. The number of nitrogens with two attached hydrogens (primary N) is 1. The van der Waals surface area contributed by atoms with Crippen LogP contribution in [0.4, 0.5) is 0 Å². The van der Waals surface area contributed by atoms with Gasteiger partial charge in [-0.15, -0.1) is 0 Å². The van der Waals surface area contributed by atoms with Crippen LogP contribution in [-0.4, -0.2) is 68.3 Å². The van der Waals surface area contributed by atoms with E-state index in [0.717, 1.165) is 32.7 Å². The quantitative estimate of drug-likeness (QED) is 0.715. The standard InChI is InChI=1S/C12H27N3O/c1-4-12(2,11-13)16-10-9-15-7-5-14(3)6-8-15/h4-11,13H2,1-3H3. The summed E-state index contributed by atoms with van der Waals surface area (Å²) in [4.78, 5) is 4.83. The molecule has 0 aliphatic carbocycles. The van der Waals surface area contributed by atoms with Gasteiger partial charge in [-0.2, -0.15) is 0 Å². The Bertz CT molecular complexity index is 187. The lowest BCUT2D eigenvalue weighted by molar-refractivity contribution is -0.0383. The van der Waals surface area contributed by atoms with Gasteiger partial charge in [0.25, 0.3) is 0 Å². The second kappa shape index (κ2) is 6.55. The smallest absolute Gasteiger partial charge is 0.0774 e. The molecule has 1 rings (SSSR count). The van der Waals surface area contributed by atoms with Gasteiger partial charge in [0, 0.05) is 39.3 Å². The average molecular weight is 229 g/mol. The Morgan fingerprint density at radius 1 is 1.25 bits per heavy atom. The molecule has 0 aromatic rings. The van der Waals surface area contributed by atoms with Gasteiger partial charge in [0.05, 0.1) is 12.2 Å². The minimum absolute atomic E-state index is 0.132. The lowest BCUT2D eigenvalue weighted by Gasteiger charge is -2.33. The summed E-state index contributed by atoms with van der Waals surface area (Å²) in [5.41, 5.74) is 5.58. The molecule has 1 atom stereocenters. The van der Waals surface area contributed by atoms with E-state index in [0.29, 0.717) is 6.54 Å². The molecule has 1 heterocycles. The van der Waals surface area contributed by atoms with Gasteiger partial charge in [0.2, 0.25) is 0 Å². The normalized spacial score (nSPS) is 23.2. The van der Waals surface area contributed by atoms with Crippen LogP contribution in [0, 0.1) is 0 Å². The predicted octanol–water partition coefficient (Wildman–Crippen LogP) is 0.378. The van der Waals surface area contributed by atoms with Crippen LogP contribution in [0.1, 0.15) is 20.3 Å². The van der Waals surface area contributed by atoms with Crippen molar-refractivity contribution in [3.8, 4) is 0 Å². The van der Waals surface area contributed by atoms with Gasteiger partial charge in [-0.25, -0.2) is 0 Å². The molecule has 2 N–H and O–H groups in total. The molecule has 1 fully saturated rings. The molecular formula is C12H27N3O. The highest BCUT2D eigenvalue weighted by molar-refractivity contribution is 4.75. The fourth-order valence-corrected chi connectivity index (χ4v) is 1.80. The Labute approximate surface area is 99.7 Å². The number of nitrogens with zero attached hydrogens (tertiary/aromatic N) is 2. The summed E-state index contributed by atoms with van der Waals surface area (Å²) in [5.74, 6) is 0. The van der Waals surface area contributed by atoms with Crippen molar-refractivity contribution in [2.24, 2.45) is 5.73 Å². The summed E-state index contributed by atoms with van der Waals surface area (Å²) < 4.78 is 5.88. The molecule has 96 valence electrons. The summed E-state index contributed by atoms with van der Waals surface area (Å²) in [6, 6.07) is 0. The monoisotopic (exact) mass is 229 g/mol. The molecule has 0 aromatic heterocycles. The molecule has 0 bridgehead atoms. The van der Waals surface area contributed by atoms with E-state index < -0.39 is 0 Å². The van der Waals surface area contributed by atoms with E-state index in [-0.39, 0.29) is 5.60 Å². The zero-order valence-electron chi connectivity index (χ0n) is 11.0. The maximum absolute atomic E-state index is 5.88. The molecule has 0 amide bonds. The minimum atomic E-state index is -0.132. The average Bonchev–Trinajstić information content (AvgIpc) is 2.31. The third-order valence-corrected chi connectivity index (χ3v) is 3.63. The number of ether oxygens (including phenoxy) is 1. The Balaban J connectivity index is 2.15. The van der Waals surface area contributed by atoms with E-state index in [1.807, 2.05) is 0 Å². The fourth-order valence-electron chi connectivity index (χ4n) is 1.80. The first kappa shape index (κ1) is 13.9. The van der Waals surface area contributed by atoms with Gasteiger partial charge in [-0.3, -0.25) is 4.90 Å². The third kappa shape index (κ3) is 4.37. The Kier molecular flexibility index (Phi) is 5.69. The second-order valence-electron chi connectivity index (χ2n) is 5.00. The highest BCUT2D eigenvalue weighted by Crippen LogP contribution is 2.12. The first-order valence-electron chi connectivity index (χ1n) is 6.34. The van der Waals surface area contributed by atoms with Crippen LogP contribution in [0.5, 0.6) is 0 Å². The number of piperazine rings is 1. The van der Waals surface area contributed by atoms with Gasteiger partial charge in [0.1, 0.15) is 0 Å². The van der Waals surface area contributed by atoms with Crippen LogP contribution < -0.4 is 5.73 Å². The van der Waals surface area contributed by atoms with Crippen molar-refractivity contribution < 1.29 is 4.74 Å². The zero-order valence-corrected chi connectivity index (χ0v) is 11.0. The SMILES string of the molecule is CCC(C)(CN)OCCN1CCN(C)CC1. The van der Waals surface area contributed by atoms with Gasteiger partial charge >= 0.3 is 0 Å². The van der Waals surface area contributed by atoms with E-state index in [1.54, 1.807) is 0 Å². The summed E-state index contributed by atoms with van der Waals surface area (Å²) in [6.45, 7) is 11.3. The van der Waals surface area contributed by atoms with Crippen LogP contribution in [0.2, 0.25) is 0 Å². The zero-order chi connectivity index (χ0) is 12.0. The number of hydrogen-bond acceptors (Lipinski definition) is 4. The van der Waals surface area contributed by atoms with Crippen LogP contribution in [0.25, 0.3) is 0 Å². The summed E-state index contributed by atoms with van der Waals surface area (Å²) in [5, 5.41) is 0. The lowest BCUT2D eigenvalue weighted by Crippen LogP contribution is -2.46. The van der Waals surface area contributed by atoms with Crippen molar-refractivity contribution in [3.63, 3.8) is 0 Å². The highest BCUT2D eigenvalue weighted by Gasteiger charge is 2.21. The van der Waals surface area contributed by atoms with Crippen LogP contribution >= 0.6 is 0 Å². The van der Waals surface area contributed by atoms with Gasteiger partial charge < -0.3 is 15.4 Å². The number of rotatable bonds is 6. The number of hydrogen-bond donors (Lipinski definition) is 1. The molecule has 4 nitrogen and oxygen atoms in total. The molecule has 1 saturated heterocycles. The molecule has 0 spiro atoms. The van der Waals surface area contributed by atoms with Crippen LogP contribution in [0.15, 0.2) is 0 Å². The van der Waals surface area contributed by atoms with Crippen molar-refractivity contribution in [3.05, 3.63) is 0 Å². The van der Waals surface area contributed by atoms with Crippen LogP contribution in [0.3, 0.4) is 0 Å². The molecule has 16 heavy (non-hydrogen) atoms. The van der Waals surface area contributed by atoms with E-state index in [2.05, 4.69) is 30.7 Å². The van der Waals surface area contributed by atoms with Crippen molar-refractivity contribution >= 4 is 0 Å². The molecule has 0 saturated carbocycles. The largest absolute Gasteiger partial charge is 0.373 e. The fraction of sp³-hybridized carbons (Fsp3) is 1.00. The minimum Gasteiger partial charge on any atom is -0.373 e. The molecule has 1 unspecified atom stereocenters. The predicted molar refractivity (Wildman–Crippen MR) is 67.6 cm³/mol. The third-order valence-electron chi connectivity index (χ3n) is 3.63. The van der Waals surface area contributed by atoms with Gasteiger partial charge in [-0.1, -0.05) is 6.92 Å². The Hall–Kier alpha value is -0.160. The molecule has 1 aliphatic heterocycles. The summed E-state index contributed by atoms with van der Waals surface area (Å²) >= 11 is 0. The van der Waals surface area contributed by atoms with Crippen molar-refractivity contribution in [1.29, 1.82) is 0 Å². The van der Waals surface area contributed by atoms with E-state index in [1.165, 1.54) is 13.1 Å². The summed E-state index contributed by atoms with van der Waals surface area (Å²) in [6.07, 6.45) is 0.978. The van der Waals surface area contributed by atoms with Crippen molar-refractivity contribution in [2.75, 3.05) is 52.9 Å².